The summed E-state index contributed by atoms with van der Waals surface area (Å²) in [6.45, 7) is 9.73. The van der Waals surface area contributed by atoms with Crippen LogP contribution in [0.2, 0.25) is 0 Å². The molecule has 21 heavy (non-hydrogen) atoms. The first-order chi connectivity index (χ1) is 9.97. The number of ether oxygens (including phenoxy) is 1. The molecule has 2 aliphatic rings. The molecule has 1 spiro atoms. The molecule has 0 radical (unpaired) electrons. The van der Waals surface area contributed by atoms with E-state index in [9.17, 15) is 4.79 Å². The van der Waals surface area contributed by atoms with Gasteiger partial charge in [0.05, 0.1) is 12.0 Å². The van der Waals surface area contributed by atoms with Gasteiger partial charge in [0.2, 0.25) is 0 Å². The fraction of sp³-hybridized carbons (Fsp3) is 0.611. The minimum Gasteiger partial charge on any atom is -0.486 e. The van der Waals surface area contributed by atoms with Crippen molar-refractivity contribution in [2.24, 2.45) is 5.92 Å². The average molecular weight is 287 g/mol. The lowest BCUT2D eigenvalue weighted by atomic mass is 9.82. The average Bonchev–Trinajstić information content (AvgIpc) is 2.42. The van der Waals surface area contributed by atoms with E-state index >= 15 is 0 Å². The maximum absolute atomic E-state index is 12.5. The van der Waals surface area contributed by atoms with Gasteiger partial charge in [-0.15, -0.1) is 0 Å². The largest absolute Gasteiger partial charge is 0.486 e. The summed E-state index contributed by atoms with van der Waals surface area (Å²) in [6.07, 6.45) is 2.45. The second kappa shape index (κ2) is 5.45. The predicted molar refractivity (Wildman–Crippen MR) is 84.0 cm³/mol. The van der Waals surface area contributed by atoms with Gasteiger partial charge >= 0.3 is 0 Å². The zero-order chi connectivity index (χ0) is 15.0. The van der Waals surface area contributed by atoms with E-state index in [2.05, 4.69) is 18.7 Å². The smallest absolute Gasteiger partial charge is 0.170 e. The molecule has 2 aliphatic heterocycles. The van der Waals surface area contributed by atoms with Crippen LogP contribution < -0.4 is 4.74 Å². The molecular weight excluding hydrogens is 262 g/mol. The van der Waals surface area contributed by atoms with Gasteiger partial charge in [-0.05, 0) is 25.0 Å². The van der Waals surface area contributed by atoms with Gasteiger partial charge in [0.25, 0.3) is 0 Å². The normalized spacial score (nSPS) is 21.4. The van der Waals surface area contributed by atoms with Gasteiger partial charge in [-0.25, -0.2) is 0 Å². The quantitative estimate of drug-likeness (QED) is 0.834. The third-order valence-corrected chi connectivity index (χ3v) is 4.64. The molecule has 0 saturated carbocycles. The SMILES string of the molecule is Cc1ccc2c(c1)C(=O)CC1(CCN(CC(C)C)CC1)O2. The molecule has 0 atom stereocenters. The monoisotopic (exact) mass is 287 g/mol. The Bertz CT molecular complexity index is 542. The molecule has 0 bridgehead atoms. The first-order valence-corrected chi connectivity index (χ1v) is 8.03. The summed E-state index contributed by atoms with van der Waals surface area (Å²) in [6, 6.07) is 5.95. The Morgan fingerprint density at radius 2 is 2.00 bits per heavy atom. The molecule has 0 aliphatic carbocycles. The van der Waals surface area contributed by atoms with Gasteiger partial charge < -0.3 is 9.64 Å². The van der Waals surface area contributed by atoms with Crippen molar-refractivity contribution in [3.05, 3.63) is 29.3 Å². The molecule has 2 heterocycles. The Hall–Kier alpha value is -1.35. The lowest BCUT2D eigenvalue weighted by molar-refractivity contribution is -0.0111. The van der Waals surface area contributed by atoms with E-state index in [0.717, 1.165) is 49.4 Å². The first kappa shape index (κ1) is 14.6. The molecule has 0 N–H and O–H groups in total. The number of rotatable bonds is 2. The van der Waals surface area contributed by atoms with Gasteiger partial charge in [0.1, 0.15) is 11.4 Å². The summed E-state index contributed by atoms with van der Waals surface area (Å²) in [4.78, 5) is 15.0. The molecule has 3 nitrogen and oxygen atoms in total. The van der Waals surface area contributed by atoms with Gasteiger partial charge in [-0.3, -0.25) is 4.79 Å². The minimum absolute atomic E-state index is 0.247. The Labute approximate surface area is 127 Å². The molecule has 114 valence electrons. The zero-order valence-electron chi connectivity index (χ0n) is 13.3. The number of fused-ring (bicyclic) bond motifs is 1. The fourth-order valence-corrected chi connectivity index (χ4v) is 3.55. The van der Waals surface area contributed by atoms with Crippen LogP contribution in [0.3, 0.4) is 0 Å². The fourth-order valence-electron chi connectivity index (χ4n) is 3.55. The van der Waals surface area contributed by atoms with Crippen LogP contribution in [-0.2, 0) is 0 Å². The highest BCUT2D eigenvalue weighted by molar-refractivity contribution is 6.00. The standard InChI is InChI=1S/C18H25NO2/c1-13(2)12-19-8-6-18(7-9-19)11-16(20)15-10-14(3)4-5-17(15)21-18/h4-5,10,13H,6-9,11-12H2,1-3H3. The molecule has 1 aromatic rings. The van der Waals surface area contributed by atoms with Crippen LogP contribution in [0.15, 0.2) is 18.2 Å². The summed E-state index contributed by atoms with van der Waals surface area (Å²) in [5, 5.41) is 0. The number of carbonyl (C=O) groups excluding carboxylic acids is 1. The number of likely N-dealkylation sites (tertiary alicyclic amines) is 1. The van der Waals surface area contributed by atoms with Crippen LogP contribution in [0.5, 0.6) is 5.75 Å². The number of Topliss-reactive ketones (excluding diaryl/α,β-unsaturated/α-hetero) is 1. The van der Waals surface area contributed by atoms with Crippen molar-refractivity contribution in [2.75, 3.05) is 19.6 Å². The maximum Gasteiger partial charge on any atom is 0.170 e. The van der Waals surface area contributed by atoms with Gasteiger partial charge in [0.15, 0.2) is 5.78 Å². The van der Waals surface area contributed by atoms with Gasteiger partial charge in [-0.1, -0.05) is 25.5 Å². The minimum atomic E-state index is -0.257. The maximum atomic E-state index is 12.5. The number of nitrogens with zero attached hydrogens (tertiary/aromatic N) is 1. The van der Waals surface area contributed by atoms with E-state index in [-0.39, 0.29) is 11.4 Å². The van der Waals surface area contributed by atoms with Crippen LogP contribution in [0.1, 0.15) is 49.0 Å². The van der Waals surface area contributed by atoms with E-state index < -0.39 is 0 Å². The zero-order valence-corrected chi connectivity index (χ0v) is 13.3. The van der Waals surface area contributed by atoms with Crippen molar-refractivity contribution in [2.45, 2.75) is 45.6 Å². The molecule has 1 aromatic carbocycles. The van der Waals surface area contributed by atoms with Crippen molar-refractivity contribution in [3.8, 4) is 5.75 Å². The molecule has 0 unspecified atom stereocenters. The highest BCUT2D eigenvalue weighted by Gasteiger charge is 2.42. The second-order valence-corrected chi connectivity index (χ2v) is 7.08. The molecular formula is C18H25NO2. The van der Waals surface area contributed by atoms with Gasteiger partial charge in [-0.2, -0.15) is 0 Å². The summed E-state index contributed by atoms with van der Waals surface area (Å²) >= 11 is 0. The predicted octanol–water partition coefficient (Wildman–Crippen LogP) is 3.45. The highest BCUT2D eigenvalue weighted by atomic mass is 16.5. The van der Waals surface area contributed by atoms with Crippen LogP contribution in [-0.4, -0.2) is 35.9 Å². The number of piperidine rings is 1. The van der Waals surface area contributed by atoms with Crippen LogP contribution in [0, 0.1) is 12.8 Å². The number of hydrogen-bond acceptors (Lipinski definition) is 3. The van der Waals surface area contributed by atoms with Crippen molar-refractivity contribution < 1.29 is 9.53 Å². The van der Waals surface area contributed by atoms with Crippen molar-refractivity contribution >= 4 is 5.78 Å². The van der Waals surface area contributed by atoms with Gasteiger partial charge in [0, 0.05) is 32.5 Å². The molecule has 0 aromatic heterocycles. The van der Waals surface area contributed by atoms with E-state index in [1.165, 1.54) is 0 Å². The lowest BCUT2D eigenvalue weighted by Gasteiger charge is -2.44. The van der Waals surface area contributed by atoms with E-state index in [1.807, 2.05) is 25.1 Å². The van der Waals surface area contributed by atoms with Crippen LogP contribution in [0.25, 0.3) is 0 Å². The Morgan fingerprint density at radius 1 is 1.29 bits per heavy atom. The first-order valence-electron chi connectivity index (χ1n) is 8.03. The third-order valence-electron chi connectivity index (χ3n) is 4.64. The summed E-state index contributed by atoms with van der Waals surface area (Å²) < 4.78 is 6.29. The molecule has 3 rings (SSSR count). The lowest BCUT2D eigenvalue weighted by Crippen LogP contribution is -2.51. The number of benzene rings is 1. The number of carbonyl (C=O) groups is 1. The van der Waals surface area contributed by atoms with Crippen molar-refractivity contribution in [1.82, 2.24) is 4.90 Å². The third kappa shape index (κ3) is 2.98. The Kier molecular flexibility index (Phi) is 3.78. The topological polar surface area (TPSA) is 29.5 Å². The summed E-state index contributed by atoms with van der Waals surface area (Å²) in [5.74, 6) is 1.73. The summed E-state index contributed by atoms with van der Waals surface area (Å²) in [7, 11) is 0. The molecule has 1 saturated heterocycles. The Balaban J connectivity index is 1.74. The molecule has 0 amide bonds. The Morgan fingerprint density at radius 3 is 2.67 bits per heavy atom. The number of hydrogen-bond donors (Lipinski definition) is 0. The van der Waals surface area contributed by atoms with Crippen molar-refractivity contribution in [3.63, 3.8) is 0 Å². The van der Waals surface area contributed by atoms with E-state index in [0.29, 0.717) is 12.3 Å². The number of ketones is 1. The second-order valence-electron chi connectivity index (χ2n) is 7.08. The van der Waals surface area contributed by atoms with Crippen LogP contribution in [0.4, 0.5) is 0 Å². The number of aryl methyl sites for hydroxylation is 1. The summed E-state index contributed by atoms with van der Waals surface area (Å²) in [5.41, 5.74) is 1.63. The van der Waals surface area contributed by atoms with E-state index in [1.54, 1.807) is 0 Å². The molecule has 1 fully saturated rings. The van der Waals surface area contributed by atoms with E-state index in [4.69, 9.17) is 4.74 Å². The van der Waals surface area contributed by atoms with Crippen molar-refractivity contribution in [1.29, 1.82) is 0 Å². The highest BCUT2D eigenvalue weighted by Crippen LogP contribution is 2.39. The molecule has 3 heteroatoms. The van der Waals surface area contributed by atoms with Crippen LogP contribution >= 0.6 is 0 Å².